The second-order valence-corrected chi connectivity index (χ2v) is 14.3. The highest BCUT2D eigenvalue weighted by molar-refractivity contribution is 9.11. The van der Waals surface area contributed by atoms with Crippen molar-refractivity contribution in [2.75, 3.05) is 70.0 Å². The number of nitrogen functional groups attached to an aromatic ring is 1. The second kappa shape index (κ2) is 14.9. The number of fused-ring (bicyclic) bond motifs is 1. The predicted octanol–water partition coefficient (Wildman–Crippen LogP) is 4.29. The molecule has 0 aliphatic carbocycles. The molecule has 46 heavy (non-hydrogen) atoms. The van der Waals surface area contributed by atoms with E-state index in [1.165, 1.54) is 0 Å². The number of anilines is 2. The number of rotatable bonds is 6. The second-order valence-electron chi connectivity index (χ2n) is 12.6. The molecule has 4 aliphatic heterocycles. The van der Waals surface area contributed by atoms with Crippen LogP contribution in [0.4, 0.5) is 21.0 Å². The standard InChI is InChI=1S/C33H43Br2N7O4/c34-26-19-22(20-27(35)30(26)36)21-29(31(43)40-17-15-39(16-18-40)24-5-10-37-11-6-24)46-33(45)41-12-8-25(9-13-41)42-14-7-23-3-1-2-4-28(23)38-32(42)44/h1-4,19-20,24-25,29,37H,5-18,21,36H2,(H,38,44). The van der Waals surface area contributed by atoms with E-state index in [2.05, 4.69) is 47.4 Å². The number of hydrogen-bond acceptors (Lipinski definition) is 7. The minimum Gasteiger partial charge on any atom is -0.436 e. The molecule has 0 radical (unpaired) electrons. The Balaban J connectivity index is 1.09. The maximum atomic E-state index is 14.0. The molecule has 4 heterocycles. The molecular formula is C33H43Br2N7O4. The summed E-state index contributed by atoms with van der Waals surface area (Å²) in [6, 6.07) is 12.1. The molecule has 4 amide bonds. The number of nitrogens with one attached hydrogen (secondary N) is 2. The zero-order valence-corrected chi connectivity index (χ0v) is 29.2. The molecule has 0 spiro atoms. The maximum absolute atomic E-state index is 14.0. The number of amides is 4. The molecule has 248 valence electrons. The molecule has 13 heteroatoms. The van der Waals surface area contributed by atoms with Crippen LogP contribution in [-0.4, -0.2) is 115 Å². The Morgan fingerprint density at radius 1 is 0.891 bits per heavy atom. The van der Waals surface area contributed by atoms with Gasteiger partial charge in [0.25, 0.3) is 5.91 Å². The molecule has 2 aromatic carbocycles. The highest BCUT2D eigenvalue weighted by atomic mass is 79.9. The monoisotopic (exact) mass is 759 g/mol. The summed E-state index contributed by atoms with van der Waals surface area (Å²) in [4.78, 5) is 48.5. The highest BCUT2D eigenvalue weighted by Gasteiger charge is 2.36. The quantitative estimate of drug-likeness (QED) is 0.376. The summed E-state index contributed by atoms with van der Waals surface area (Å²) in [5.41, 5.74) is 9.51. The number of piperidine rings is 2. The molecule has 4 N–H and O–H groups in total. The third-order valence-corrected chi connectivity index (χ3v) is 11.1. The summed E-state index contributed by atoms with van der Waals surface area (Å²) >= 11 is 7.01. The molecule has 0 bridgehead atoms. The molecule has 3 fully saturated rings. The van der Waals surface area contributed by atoms with Gasteiger partial charge in [-0.3, -0.25) is 9.69 Å². The zero-order valence-electron chi connectivity index (χ0n) is 26.1. The third-order valence-electron chi connectivity index (χ3n) is 9.83. The number of para-hydroxylation sites is 1. The molecule has 1 unspecified atom stereocenters. The average Bonchev–Trinajstić information content (AvgIpc) is 3.25. The molecule has 0 saturated carbocycles. The smallest absolute Gasteiger partial charge is 0.410 e. The maximum Gasteiger partial charge on any atom is 0.410 e. The van der Waals surface area contributed by atoms with Gasteiger partial charge in [-0.2, -0.15) is 0 Å². The summed E-state index contributed by atoms with van der Waals surface area (Å²) in [7, 11) is 0. The first-order valence-corrected chi connectivity index (χ1v) is 17.9. The summed E-state index contributed by atoms with van der Waals surface area (Å²) in [5.74, 6) is -0.168. The normalized spacial score (nSPS) is 20.9. The van der Waals surface area contributed by atoms with E-state index in [9.17, 15) is 14.4 Å². The van der Waals surface area contributed by atoms with Crippen LogP contribution in [0.25, 0.3) is 0 Å². The van der Waals surface area contributed by atoms with E-state index in [1.807, 2.05) is 46.2 Å². The van der Waals surface area contributed by atoms with Gasteiger partial charge in [0.05, 0.1) is 5.69 Å². The van der Waals surface area contributed by atoms with Gasteiger partial charge in [0, 0.05) is 79.0 Å². The lowest BCUT2D eigenvalue weighted by Gasteiger charge is -2.41. The van der Waals surface area contributed by atoms with Crippen molar-refractivity contribution < 1.29 is 19.1 Å². The number of nitrogens with zero attached hydrogens (tertiary/aromatic N) is 4. The molecule has 3 saturated heterocycles. The lowest BCUT2D eigenvalue weighted by atomic mass is 10.0. The largest absolute Gasteiger partial charge is 0.436 e. The Kier molecular flexibility index (Phi) is 10.7. The topological polar surface area (TPSA) is 123 Å². The van der Waals surface area contributed by atoms with Crippen molar-refractivity contribution in [3.8, 4) is 0 Å². The number of hydrogen-bond donors (Lipinski definition) is 3. The fourth-order valence-corrected chi connectivity index (χ4v) is 8.41. The van der Waals surface area contributed by atoms with Crippen LogP contribution in [0.3, 0.4) is 0 Å². The molecule has 1 atom stereocenters. The highest BCUT2D eigenvalue weighted by Crippen LogP contribution is 2.31. The van der Waals surface area contributed by atoms with Gasteiger partial charge in [-0.15, -0.1) is 0 Å². The minimum atomic E-state index is -0.965. The van der Waals surface area contributed by atoms with E-state index in [0.29, 0.717) is 66.2 Å². The van der Waals surface area contributed by atoms with Gasteiger partial charge in [-0.05, 0) is 106 Å². The molecule has 6 rings (SSSR count). The number of halogens is 2. The fraction of sp³-hybridized carbons (Fsp3) is 0.545. The molecular weight excluding hydrogens is 718 g/mol. The van der Waals surface area contributed by atoms with Crippen LogP contribution in [0.1, 0.15) is 36.8 Å². The Hall–Kier alpha value is -2.87. The zero-order chi connectivity index (χ0) is 32.2. The minimum absolute atomic E-state index is 0.0245. The Morgan fingerprint density at radius 3 is 2.26 bits per heavy atom. The fourth-order valence-electron chi connectivity index (χ4n) is 7.13. The number of urea groups is 1. The third kappa shape index (κ3) is 7.64. The van der Waals surface area contributed by atoms with E-state index in [-0.39, 0.29) is 24.4 Å². The molecule has 11 nitrogen and oxygen atoms in total. The van der Waals surface area contributed by atoms with Crippen LogP contribution in [0.2, 0.25) is 0 Å². The summed E-state index contributed by atoms with van der Waals surface area (Å²) in [6.45, 7) is 6.46. The van der Waals surface area contributed by atoms with Crippen LogP contribution >= 0.6 is 31.9 Å². The number of piperazine rings is 1. The lowest BCUT2D eigenvalue weighted by Crippen LogP contribution is -2.56. The van der Waals surface area contributed by atoms with Gasteiger partial charge in [-0.1, -0.05) is 18.2 Å². The van der Waals surface area contributed by atoms with Crippen molar-refractivity contribution >= 4 is 61.3 Å². The van der Waals surface area contributed by atoms with Crippen LogP contribution < -0.4 is 16.4 Å². The summed E-state index contributed by atoms with van der Waals surface area (Å²) < 4.78 is 7.48. The molecule has 2 aromatic rings. The number of carbonyl (C=O) groups is 3. The van der Waals surface area contributed by atoms with Crippen molar-refractivity contribution in [1.29, 1.82) is 0 Å². The summed E-state index contributed by atoms with van der Waals surface area (Å²) in [5, 5.41) is 6.47. The number of likely N-dealkylation sites (tertiary alicyclic amines) is 1. The van der Waals surface area contributed by atoms with Gasteiger partial charge >= 0.3 is 12.1 Å². The van der Waals surface area contributed by atoms with Gasteiger partial charge in [0.2, 0.25) is 0 Å². The Bertz CT molecular complexity index is 1400. The van der Waals surface area contributed by atoms with Gasteiger partial charge in [0.1, 0.15) is 0 Å². The van der Waals surface area contributed by atoms with Crippen molar-refractivity contribution in [1.82, 2.24) is 24.9 Å². The summed E-state index contributed by atoms with van der Waals surface area (Å²) in [6.07, 6.45) is 3.11. The Morgan fingerprint density at radius 2 is 1.57 bits per heavy atom. The van der Waals surface area contributed by atoms with E-state index in [0.717, 1.165) is 62.3 Å². The first-order chi connectivity index (χ1) is 22.3. The molecule has 4 aliphatic rings. The van der Waals surface area contributed by atoms with Gasteiger partial charge in [-0.25, -0.2) is 9.59 Å². The van der Waals surface area contributed by atoms with Crippen molar-refractivity contribution in [2.45, 2.75) is 56.7 Å². The first kappa shape index (κ1) is 33.0. The predicted molar refractivity (Wildman–Crippen MR) is 185 cm³/mol. The van der Waals surface area contributed by atoms with Crippen LogP contribution in [-0.2, 0) is 22.4 Å². The number of benzene rings is 2. The SMILES string of the molecule is Nc1c(Br)cc(CC(OC(=O)N2CCC(N3CCc4ccccc4NC3=O)CC2)C(=O)N2CCN(C3CCNCC3)CC2)cc1Br. The molecule has 0 aromatic heterocycles. The van der Waals surface area contributed by atoms with Gasteiger partial charge in [0.15, 0.2) is 6.10 Å². The van der Waals surface area contributed by atoms with Crippen LogP contribution in [0.15, 0.2) is 45.3 Å². The van der Waals surface area contributed by atoms with Crippen molar-refractivity contribution in [3.05, 3.63) is 56.5 Å². The number of carbonyl (C=O) groups excluding carboxylic acids is 3. The lowest BCUT2D eigenvalue weighted by molar-refractivity contribution is -0.143. The van der Waals surface area contributed by atoms with Gasteiger partial charge < -0.3 is 35.8 Å². The van der Waals surface area contributed by atoms with E-state index in [4.69, 9.17) is 10.5 Å². The van der Waals surface area contributed by atoms with Crippen molar-refractivity contribution in [3.63, 3.8) is 0 Å². The van der Waals surface area contributed by atoms with Crippen LogP contribution in [0, 0.1) is 0 Å². The average molecular weight is 762 g/mol. The van der Waals surface area contributed by atoms with E-state index < -0.39 is 12.2 Å². The van der Waals surface area contributed by atoms with Crippen molar-refractivity contribution in [2.24, 2.45) is 0 Å². The van der Waals surface area contributed by atoms with E-state index >= 15 is 0 Å². The van der Waals surface area contributed by atoms with Crippen LogP contribution in [0.5, 0.6) is 0 Å². The van der Waals surface area contributed by atoms with E-state index in [1.54, 1.807) is 4.90 Å². The number of ether oxygens (including phenoxy) is 1. The number of nitrogens with two attached hydrogens (primary N) is 1. The first-order valence-electron chi connectivity index (χ1n) is 16.3. The Labute approximate surface area is 287 Å².